The standard InChI is InChI=1S/C19H23FN2O4S/c1-13-6-9-17(26-13)14(2)21-19(23)15-7-8-16(20)18(12-15)27(24,25)22-10-4-3-5-11-22/h6-9,12,14H,3-5,10-11H2,1-2H3,(H,21,23). The number of aryl methyl sites for hydroxylation is 1. The number of nitrogens with one attached hydrogen (secondary N) is 1. The first-order valence-corrected chi connectivity index (χ1v) is 10.4. The first-order valence-electron chi connectivity index (χ1n) is 8.96. The monoisotopic (exact) mass is 394 g/mol. The SMILES string of the molecule is Cc1ccc(C(C)NC(=O)c2ccc(F)c(S(=O)(=O)N3CCCCC3)c2)o1. The van der Waals surface area contributed by atoms with Crippen molar-refractivity contribution in [2.75, 3.05) is 13.1 Å². The number of carbonyl (C=O) groups excluding carboxylic acids is 1. The molecule has 1 amide bonds. The molecule has 1 aromatic carbocycles. The van der Waals surface area contributed by atoms with Crippen LogP contribution in [0.4, 0.5) is 4.39 Å². The van der Waals surface area contributed by atoms with Crippen LogP contribution in [0.2, 0.25) is 0 Å². The molecule has 0 bridgehead atoms. The summed E-state index contributed by atoms with van der Waals surface area (Å²) in [6, 6.07) is 6.55. The molecule has 8 heteroatoms. The van der Waals surface area contributed by atoms with Crippen LogP contribution in [0.25, 0.3) is 0 Å². The van der Waals surface area contributed by atoms with Gasteiger partial charge in [0.05, 0.1) is 6.04 Å². The minimum absolute atomic E-state index is 0.0853. The Hall–Kier alpha value is -2.19. The summed E-state index contributed by atoms with van der Waals surface area (Å²) in [7, 11) is -3.97. The minimum Gasteiger partial charge on any atom is -0.464 e. The molecule has 1 atom stereocenters. The number of furan rings is 1. The third kappa shape index (κ3) is 4.22. The number of hydrogen-bond donors (Lipinski definition) is 1. The van der Waals surface area contributed by atoms with Gasteiger partial charge in [0.2, 0.25) is 10.0 Å². The molecule has 27 heavy (non-hydrogen) atoms. The van der Waals surface area contributed by atoms with Gasteiger partial charge in [-0.15, -0.1) is 0 Å². The van der Waals surface area contributed by atoms with E-state index >= 15 is 0 Å². The third-order valence-corrected chi connectivity index (χ3v) is 6.58. The van der Waals surface area contributed by atoms with Crippen molar-refractivity contribution in [1.29, 1.82) is 0 Å². The predicted octanol–water partition coefficient (Wildman–Crippen LogP) is 3.39. The molecule has 0 aliphatic carbocycles. The smallest absolute Gasteiger partial charge is 0.251 e. The Morgan fingerprint density at radius 3 is 2.52 bits per heavy atom. The van der Waals surface area contributed by atoms with Crippen LogP contribution in [0.1, 0.15) is 54.1 Å². The molecule has 2 aromatic rings. The van der Waals surface area contributed by atoms with Crippen LogP contribution in [0.3, 0.4) is 0 Å². The van der Waals surface area contributed by atoms with Gasteiger partial charge >= 0.3 is 0 Å². The largest absolute Gasteiger partial charge is 0.464 e. The molecule has 0 radical (unpaired) electrons. The van der Waals surface area contributed by atoms with Crippen molar-refractivity contribution in [3.05, 3.63) is 53.2 Å². The average molecular weight is 394 g/mol. The fraction of sp³-hybridized carbons (Fsp3) is 0.421. The molecule has 146 valence electrons. The van der Waals surface area contributed by atoms with E-state index in [0.717, 1.165) is 37.2 Å². The number of hydrogen-bond acceptors (Lipinski definition) is 4. The van der Waals surface area contributed by atoms with Gasteiger partial charge in [0.25, 0.3) is 5.91 Å². The Morgan fingerprint density at radius 1 is 1.19 bits per heavy atom. The summed E-state index contributed by atoms with van der Waals surface area (Å²) in [5, 5.41) is 2.74. The Labute approximate surface area is 158 Å². The van der Waals surface area contributed by atoms with Gasteiger partial charge in [0.1, 0.15) is 22.2 Å². The first kappa shape index (κ1) is 19.6. The van der Waals surface area contributed by atoms with Crippen molar-refractivity contribution in [2.45, 2.75) is 44.0 Å². The van der Waals surface area contributed by atoms with Crippen molar-refractivity contribution in [3.63, 3.8) is 0 Å². The van der Waals surface area contributed by atoms with Crippen LogP contribution in [-0.4, -0.2) is 31.7 Å². The number of carbonyl (C=O) groups is 1. The van der Waals surface area contributed by atoms with Gasteiger partial charge in [-0.25, -0.2) is 12.8 Å². The zero-order valence-electron chi connectivity index (χ0n) is 15.4. The van der Waals surface area contributed by atoms with Crippen molar-refractivity contribution >= 4 is 15.9 Å². The molecule has 2 heterocycles. The lowest BCUT2D eigenvalue weighted by Gasteiger charge is -2.26. The fourth-order valence-electron chi connectivity index (χ4n) is 3.12. The van der Waals surface area contributed by atoms with E-state index in [9.17, 15) is 17.6 Å². The van der Waals surface area contributed by atoms with E-state index in [4.69, 9.17) is 4.42 Å². The Bertz CT molecular complexity index is 933. The number of sulfonamides is 1. The Morgan fingerprint density at radius 2 is 1.89 bits per heavy atom. The number of nitrogens with zero attached hydrogens (tertiary/aromatic N) is 1. The molecule has 0 spiro atoms. The summed E-state index contributed by atoms with van der Waals surface area (Å²) in [6.45, 7) is 4.29. The van der Waals surface area contributed by atoms with Gasteiger partial charge in [-0.3, -0.25) is 4.79 Å². The molecule has 1 saturated heterocycles. The van der Waals surface area contributed by atoms with Crippen molar-refractivity contribution < 1.29 is 22.0 Å². The van der Waals surface area contributed by atoms with E-state index in [1.807, 2.05) is 0 Å². The molecule has 1 unspecified atom stereocenters. The van der Waals surface area contributed by atoms with Gasteiger partial charge in [-0.2, -0.15) is 4.31 Å². The van der Waals surface area contributed by atoms with Gasteiger partial charge < -0.3 is 9.73 Å². The van der Waals surface area contributed by atoms with Crippen LogP contribution in [0.5, 0.6) is 0 Å². The second kappa shape index (κ2) is 7.82. The highest BCUT2D eigenvalue weighted by atomic mass is 32.2. The van der Waals surface area contributed by atoms with E-state index in [1.54, 1.807) is 26.0 Å². The highest BCUT2D eigenvalue weighted by Crippen LogP contribution is 2.24. The van der Waals surface area contributed by atoms with Crippen LogP contribution >= 0.6 is 0 Å². The van der Waals surface area contributed by atoms with E-state index < -0.39 is 32.7 Å². The molecule has 1 aliphatic rings. The topological polar surface area (TPSA) is 79.6 Å². The molecular weight excluding hydrogens is 371 g/mol. The van der Waals surface area contributed by atoms with Crippen molar-refractivity contribution in [3.8, 4) is 0 Å². The fourth-order valence-corrected chi connectivity index (χ4v) is 4.73. The number of rotatable bonds is 5. The molecular formula is C19H23FN2O4S. The van der Waals surface area contributed by atoms with Gasteiger partial charge in [0.15, 0.2) is 0 Å². The first-order chi connectivity index (χ1) is 12.8. The zero-order valence-corrected chi connectivity index (χ0v) is 16.2. The van der Waals surface area contributed by atoms with E-state index in [1.165, 1.54) is 10.4 Å². The van der Waals surface area contributed by atoms with Gasteiger partial charge in [-0.1, -0.05) is 6.42 Å². The summed E-state index contributed by atoms with van der Waals surface area (Å²) in [5.74, 6) is -0.0367. The second-order valence-corrected chi connectivity index (χ2v) is 8.66. The zero-order chi connectivity index (χ0) is 19.6. The highest BCUT2D eigenvalue weighted by Gasteiger charge is 2.29. The Kier molecular flexibility index (Phi) is 5.67. The number of benzene rings is 1. The summed E-state index contributed by atoms with van der Waals surface area (Å²) >= 11 is 0. The minimum atomic E-state index is -3.97. The van der Waals surface area contributed by atoms with Gasteiger partial charge in [-0.05, 0) is 57.0 Å². The van der Waals surface area contributed by atoms with Crippen LogP contribution in [-0.2, 0) is 10.0 Å². The van der Waals surface area contributed by atoms with E-state index in [0.29, 0.717) is 18.8 Å². The molecule has 3 rings (SSSR count). The quantitative estimate of drug-likeness (QED) is 0.843. The summed E-state index contributed by atoms with van der Waals surface area (Å²) in [4.78, 5) is 12.1. The van der Waals surface area contributed by atoms with Crippen LogP contribution in [0.15, 0.2) is 39.6 Å². The number of amides is 1. The number of halogens is 1. The molecule has 1 aromatic heterocycles. The van der Waals surface area contributed by atoms with Crippen molar-refractivity contribution in [1.82, 2.24) is 9.62 Å². The molecule has 6 nitrogen and oxygen atoms in total. The molecule has 1 aliphatic heterocycles. The lowest BCUT2D eigenvalue weighted by Crippen LogP contribution is -2.36. The van der Waals surface area contributed by atoms with E-state index in [-0.39, 0.29) is 5.56 Å². The third-order valence-electron chi connectivity index (χ3n) is 4.66. The predicted molar refractivity (Wildman–Crippen MR) is 98.3 cm³/mol. The summed E-state index contributed by atoms with van der Waals surface area (Å²) in [6.07, 6.45) is 2.46. The second-order valence-electron chi connectivity index (χ2n) is 6.75. The highest BCUT2D eigenvalue weighted by molar-refractivity contribution is 7.89. The number of piperidine rings is 1. The average Bonchev–Trinajstić information content (AvgIpc) is 3.09. The molecule has 0 saturated carbocycles. The molecule has 1 fully saturated rings. The lowest BCUT2D eigenvalue weighted by atomic mass is 10.2. The maximum Gasteiger partial charge on any atom is 0.251 e. The maximum atomic E-state index is 14.3. The van der Waals surface area contributed by atoms with E-state index in [2.05, 4.69) is 5.32 Å². The summed E-state index contributed by atoms with van der Waals surface area (Å²) in [5.41, 5.74) is 0.0853. The van der Waals surface area contributed by atoms with Gasteiger partial charge in [0, 0.05) is 18.7 Å². The molecule has 1 N–H and O–H groups in total. The van der Waals surface area contributed by atoms with Crippen LogP contribution < -0.4 is 5.32 Å². The normalized spacial score (nSPS) is 16.9. The maximum absolute atomic E-state index is 14.3. The summed E-state index contributed by atoms with van der Waals surface area (Å²) < 4.78 is 46.6. The Balaban J connectivity index is 1.83. The van der Waals surface area contributed by atoms with Crippen LogP contribution in [0, 0.1) is 12.7 Å². The lowest BCUT2D eigenvalue weighted by molar-refractivity contribution is 0.0935. The van der Waals surface area contributed by atoms with Crippen molar-refractivity contribution in [2.24, 2.45) is 0 Å².